The van der Waals surface area contributed by atoms with E-state index in [0.717, 1.165) is 62.4 Å². The molecule has 0 bridgehead atoms. The number of ether oxygens (including phenoxy) is 2. The number of nitrogens with zero attached hydrogens (tertiary/aromatic N) is 2. The molecule has 0 radical (unpaired) electrons. The number of hydrogen-bond donors (Lipinski definition) is 3. The molecule has 0 unspecified atom stereocenters. The molecule has 0 atom stereocenters. The third kappa shape index (κ3) is 4.22. The molecule has 1 aromatic carbocycles. The maximum atomic E-state index is 8.32. The molecule has 7 nitrogen and oxygen atoms in total. The monoisotopic (exact) mass is 355 g/mol. The summed E-state index contributed by atoms with van der Waals surface area (Å²) in [5.41, 5.74) is 7.63. The molecule has 0 aliphatic carbocycles. The predicted octanol–water partition coefficient (Wildman–Crippen LogP) is 2.35. The molecule has 2 aliphatic rings. The summed E-state index contributed by atoms with van der Waals surface area (Å²) in [6.07, 6.45) is 5.37. The molecule has 0 aromatic heterocycles. The van der Waals surface area contributed by atoms with E-state index in [0.29, 0.717) is 5.84 Å². The second-order valence-corrected chi connectivity index (χ2v) is 6.53. The number of nitrogens with two attached hydrogens (primary N) is 1. The third-order valence-electron chi connectivity index (χ3n) is 4.67. The summed E-state index contributed by atoms with van der Waals surface area (Å²) in [6.45, 7) is 4.12. The summed E-state index contributed by atoms with van der Waals surface area (Å²) in [5.74, 6) is 2.55. The molecule has 7 heteroatoms. The van der Waals surface area contributed by atoms with Crippen LogP contribution in [0.1, 0.15) is 25.3 Å². The summed E-state index contributed by atoms with van der Waals surface area (Å²) >= 11 is 0. The number of benzene rings is 1. The maximum absolute atomic E-state index is 8.32. The summed E-state index contributed by atoms with van der Waals surface area (Å²) in [4.78, 5) is 5.72. The molecule has 4 N–H and O–H groups in total. The summed E-state index contributed by atoms with van der Waals surface area (Å²) in [5, 5.41) is 15.2. The predicted molar refractivity (Wildman–Crippen MR) is 103 cm³/mol. The Morgan fingerprint density at radius 2 is 2.15 bits per heavy atom. The van der Waals surface area contributed by atoms with E-state index in [2.05, 4.69) is 11.1 Å². The van der Waals surface area contributed by atoms with E-state index in [1.54, 1.807) is 6.08 Å². The fourth-order valence-corrected chi connectivity index (χ4v) is 3.28. The first kappa shape index (κ1) is 18.0. The van der Waals surface area contributed by atoms with Gasteiger partial charge in [0.05, 0.1) is 6.61 Å². The van der Waals surface area contributed by atoms with Crippen LogP contribution < -0.4 is 15.2 Å². The van der Waals surface area contributed by atoms with Crippen molar-refractivity contribution in [3.63, 3.8) is 0 Å². The van der Waals surface area contributed by atoms with Gasteiger partial charge in [0.25, 0.3) is 0 Å². The highest BCUT2D eigenvalue weighted by Gasteiger charge is 2.23. The minimum Gasteiger partial charge on any atom is -0.493 e. The van der Waals surface area contributed by atoms with Crippen molar-refractivity contribution in [3.05, 3.63) is 35.4 Å². The number of amidine groups is 2. The number of hydrogen-bond acceptors (Lipinski definition) is 4. The number of aliphatic imine (C=N–C) groups is 1. The lowest BCUT2D eigenvalue weighted by Gasteiger charge is -2.34. The highest BCUT2D eigenvalue weighted by molar-refractivity contribution is 6.04. The highest BCUT2D eigenvalue weighted by atomic mass is 16.5. The number of fused-ring (bicyclic) bond motifs is 1. The first-order valence-corrected chi connectivity index (χ1v) is 8.83. The Hall–Kier alpha value is -2.83. The van der Waals surface area contributed by atoms with Crippen molar-refractivity contribution in [3.8, 4) is 11.5 Å². The van der Waals surface area contributed by atoms with Crippen molar-refractivity contribution in [1.29, 1.82) is 10.8 Å². The molecule has 1 fully saturated rings. The Morgan fingerprint density at radius 1 is 1.38 bits per heavy atom. The molecule has 1 aromatic rings. The van der Waals surface area contributed by atoms with Gasteiger partial charge in [0, 0.05) is 37.9 Å². The van der Waals surface area contributed by atoms with Crippen LogP contribution in [0.3, 0.4) is 0 Å². The van der Waals surface area contributed by atoms with E-state index in [1.807, 2.05) is 24.0 Å². The van der Waals surface area contributed by atoms with E-state index in [1.165, 1.54) is 5.56 Å². The van der Waals surface area contributed by atoms with Gasteiger partial charge in [0.1, 0.15) is 35.6 Å². The van der Waals surface area contributed by atoms with Crippen molar-refractivity contribution in [1.82, 2.24) is 4.90 Å². The second kappa shape index (κ2) is 8.03. The van der Waals surface area contributed by atoms with Gasteiger partial charge >= 0.3 is 0 Å². The summed E-state index contributed by atoms with van der Waals surface area (Å²) < 4.78 is 11.7. The first-order valence-electron chi connectivity index (χ1n) is 8.83. The van der Waals surface area contributed by atoms with E-state index >= 15 is 0 Å². The van der Waals surface area contributed by atoms with Crippen molar-refractivity contribution >= 4 is 18.0 Å². The van der Waals surface area contributed by atoms with Crippen molar-refractivity contribution in [2.24, 2.45) is 10.7 Å². The van der Waals surface area contributed by atoms with Crippen LogP contribution in [0.5, 0.6) is 11.5 Å². The van der Waals surface area contributed by atoms with Crippen LogP contribution in [0.2, 0.25) is 0 Å². The zero-order chi connectivity index (χ0) is 18.5. The third-order valence-corrected chi connectivity index (χ3v) is 4.67. The Kier molecular flexibility index (Phi) is 5.55. The maximum Gasteiger partial charge on any atom is 0.125 e. The second-order valence-electron chi connectivity index (χ2n) is 6.53. The Labute approximate surface area is 153 Å². The van der Waals surface area contributed by atoms with Gasteiger partial charge in [-0.25, -0.2) is 4.99 Å². The SMILES string of the molecule is C/C(=C/C(N)=NC=N)C(=N)N1CCC(Oc2ccc3c(c2)CCO3)CC1. The van der Waals surface area contributed by atoms with Crippen LogP contribution in [0, 0.1) is 10.8 Å². The van der Waals surface area contributed by atoms with Crippen LogP contribution in [-0.2, 0) is 6.42 Å². The van der Waals surface area contributed by atoms with Gasteiger partial charge < -0.3 is 20.1 Å². The Bertz CT molecular complexity index is 748. The van der Waals surface area contributed by atoms with Crippen LogP contribution in [0.15, 0.2) is 34.8 Å². The molecule has 0 amide bonds. The lowest BCUT2D eigenvalue weighted by Crippen LogP contribution is -2.42. The normalized spacial score (nSPS) is 18.3. The van der Waals surface area contributed by atoms with Crippen molar-refractivity contribution < 1.29 is 9.47 Å². The molecule has 3 rings (SSSR count). The average molecular weight is 355 g/mol. The summed E-state index contributed by atoms with van der Waals surface area (Å²) in [6, 6.07) is 6.03. The van der Waals surface area contributed by atoms with Gasteiger partial charge in [0.15, 0.2) is 0 Å². The van der Waals surface area contributed by atoms with Gasteiger partial charge in [-0.3, -0.25) is 10.8 Å². The number of likely N-dealkylation sites (tertiary alicyclic amines) is 1. The van der Waals surface area contributed by atoms with E-state index < -0.39 is 0 Å². The standard InChI is InChI=1S/C19H25N5O2/c1-13(10-18(21)23-12-20)19(22)24-7-4-15(5-8-24)26-16-2-3-17-14(11-16)6-9-25-17/h2-3,10-12,15,22H,4-9H2,1H3,(H3,20,21,23)/b13-10-,22-19?. The molecule has 26 heavy (non-hydrogen) atoms. The fraction of sp³-hybridized carbons (Fsp3) is 0.421. The first-order chi connectivity index (χ1) is 12.6. The number of nitrogens with one attached hydrogen (secondary N) is 2. The average Bonchev–Trinajstić information content (AvgIpc) is 3.09. The van der Waals surface area contributed by atoms with E-state index in [-0.39, 0.29) is 11.9 Å². The highest BCUT2D eigenvalue weighted by Crippen LogP contribution is 2.30. The number of rotatable bonds is 5. The van der Waals surface area contributed by atoms with Gasteiger partial charge in [-0.05, 0) is 36.8 Å². The van der Waals surface area contributed by atoms with E-state index in [4.69, 9.17) is 26.0 Å². The molecule has 1 saturated heterocycles. The van der Waals surface area contributed by atoms with Crippen LogP contribution in [-0.4, -0.2) is 48.7 Å². The van der Waals surface area contributed by atoms with Gasteiger partial charge in [-0.15, -0.1) is 0 Å². The van der Waals surface area contributed by atoms with E-state index in [9.17, 15) is 0 Å². The Morgan fingerprint density at radius 3 is 2.88 bits per heavy atom. The quantitative estimate of drug-likeness (QED) is 0.556. The molecule has 0 spiro atoms. The van der Waals surface area contributed by atoms with Crippen LogP contribution >= 0.6 is 0 Å². The zero-order valence-electron chi connectivity index (χ0n) is 15.0. The molecule has 2 aliphatic heterocycles. The van der Waals surface area contributed by atoms with Gasteiger partial charge in [0.2, 0.25) is 0 Å². The largest absolute Gasteiger partial charge is 0.493 e. The van der Waals surface area contributed by atoms with Crippen LogP contribution in [0.25, 0.3) is 0 Å². The lowest BCUT2D eigenvalue weighted by atomic mass is 10.1. The van der Waals surface area contributed by atoms with Crippen LogP contribution in [0.4, 0.5) is 0 Å². The molecular weight excluding hydrogens is 330 g/mol. The summed E-state index contributed by atoms with van der Waals surface area (Å²) in [7, 11) is 0. The molecule has 138 valence electrons. The number of piperidine rings is 1. The minimum absolute atomic E-state index is 0.160. The molecular formula is C19H25N5O2. The smallest absolute Gasteiger partial charge is 0.125 e. The molecule has 2 heterocycles. The minimum atomic E-state index is 0.160. The topological polar surface area (TPSA) is 108 Å². The van der Waals surface area contributed by atoms with Crippen molar-refractivity contribution in [2.75, 3.05) is 19.7 Å². The Balaban J connectivity index is 1.53. The lowest BCUT2D eigenvalue weighted by molar-refractivity contribution is 0.131. The van der Waals surface area contributed by atoms with Gasteiger partial charge in [-0.1, -0.05) is 0 Å². The fourth-order valence-electron chi connectivity index (χ4n) is 3.28. The van der Waals surface area contributed by atoms with Gasteiger partial charge in [-0.2, -0.15) is 0 Å². The van der Waals surface area contributed by atoms with Crippen molar-refractivity contribution in [2.45, 2.75) is 32.3 Å². The zero-order valence-corrected chi connectivity index (χ0v) is 15.0. The molecule has 0 saturated carbocycles.